The second-order valence-corrected chi connectivity index (χ2v) is 12.3. The SMILES string of the molecule is O=C1CSC2(CC(/C=C/c3ccccc3O)=NN2c2cccc(S(=O)(=O)O)c2)N1c1nc2ccccc2s1. The van der Waals surface area contributed by atoms with Crippen molar-refractivity contribution in [2.24, 2.45) is 5.10 Å². The molecule has 4 aromatic rings. The molecule has 1 saturated heterocycles. The molecule has 2 aliphatic rings. The van der Waals surface area contributed by atoms with Gasteiger partial charge in [-0.3, -0.25) is 14.2 Å². The molecule has 1 unspecified atom stereocenters. The fraction of sp³-hybridized carbons (Fsp3) is 0.115. The van der Waals surface area contributed by atoms with Gasteiger partial charge in [0.25, 0.3) is 10.1 Å². The van der Waals surface area contributed by atoms with Crippen molar-refractivity contribution in [3.63, 3.8) is 0 Å². The summed E-state index contributed by atoms with van der Waals surface area (Å²) in [4.78, 5) is 18.4. The molecule has 9 nitrogen and oxygen atoms in total. The Bertz CT molecular complexity index is 1720. The molecule has 1 spiro atoms. The lowest BCUT2D eigenvalue weighted by atomic mass is 10.1. The van der Waals surface area contributed by atoms with Gasteiger partial charge in [-0.2, -0.15) is 13.5 Å². The standard InChI is InChI=1S/C26H20N4O5S3/c31-22-10-3-1-6-17(22)12-13-18-15-26(30(28-18)19-7-5-8-20(14-19)38(33,34)35)29(24(32)16-36-26)25-27-21-9-2-4-11-23(21)37-25/h1-14,31H,15-16H2,(H,33,34,35)/b13-12+. The lowest BCUT2D eigenvalue weighted by Crippen LogP contribution is -2.53. The molecule has 3 aromatic carbocycles. The maximum atomic E-state index is 13.4. The van der Waals surface area contributed by atoms with Crippen LogP contribution in [0.1, 0.15) is 12.0 Å². The van der Waals surface area contributed by atoms with E-state index in [0.717, 1.165) is 10.2 Å². The van der Waals surface area contributed by atoms with E-state index in [0.29, 0.717) is 28.5 Å². The van der Waals surface area contributed by atoms with Crippen molar-refractivity contribution in [3.05, 3.63) is 84.4 Å². The Morgan fingerprint density at radius 2 is 1.79 bits per heavy atom. The highest BCUT2D eigenvalue weighted by Crippen LogP contribution is 2.51. The molecule has 3 heterocycles. The van der Waals surface area contributed by atoms with Gasteiger partial charge in [-0.1, -0.05) is 59.5 Å². The average Bonchev–Trinajstić information content (AvgIpc) is 3.58. The third kappa shape index (κ3) is 4.25. The van der Waals surface area contributed by atoms with Gasteiger partial charge in [0.1, 0.15) is 5.75 Å². The summed E-state index contributed by atoms with van der Waals surface area (Å²) < 4.78 is 34.4. The van der Waals surface area contributed by atoms with Crippen LogP contribution in [0.25, 0.3) is 16.3 Å². The highest BCUT2D eigenvalue weighted by atomic mass is 32.2. The van der Waals surface area contributed by atoms with E-state index in [2.05, 4.69) is 0 Å². The number of aromatic nitrogens is 1. The summed E-state index contributed by atoms with van der Waals surface area (Å²) in [6.07, 6.45) is 3.81. The minimum Gasteiger partial charge on any atom is -0.507 e. The van der Waals surface area contributed by atoms with Crippen LogP contribution in [0.5, 0.6) is 5.75 Å². The quantitative estimate of drug-likeness (QED) is 0.326. The molecular weight excluding hydrogens is 545 g/mol. The number of nitrogens with zero attached hydrogens (tertiary/aromatic N) is 4. The van der Waals surface area contributed by atoms with Crippen molar-refractivity contribution in [1.82, 2.24) is 4.98 Å². The van der Waals surface area contributed by atoms with Crippen molar-refractivity contribution in [2.45, 2.75) is 16.3 Å². The first-order valence-corrected chi connectivity index (χ1v) is 14.7. The topological polar surface area (TPSA) is 123 Å². The first-order valence-electron chi connectivity index (χ1n) is 11.5. The third-order valence-corrected chi connectivity index (χ3v) is 9.45. The number of allylic oxidation sites excluding steroid dienone is 1. The molecule has 2 N–H and O–H groups in total. The zero-order valence-corrected chi connectivity index (χ0v) is 22.1. The van der Waals surface area contributed by atoms with Gasteiger partial charge in [-0.05, 0) is 48.6 Å². The maximum Gasteiger partial charge on any atom is 0.294 e. The predicted octanol–water partition coefficient (Wildman–Crippen LogP) is 4.96. The monoisotopic (exact) mass is 564 g/mol. The smallest absolute Gasteiger partial charge is 0.294 e. The van der Waals surface area contributed by atoms with E-state index < -0.39 is 15.1 Å². The molecule has 0 saturated carbocycles. The molecular formula is C26H20N4O5S3. The van der Waals surface area contributed by atoms with Crippen LogP contribution in [0, 0.1) is 0 Å². The van der Waals surface area contributed by atoms with Crippen molar-refractivity contribution in [1.29, 1.82) is 0 Å². The number of benzene rings is 3. The lowest BCUT2D eigenvalue weighted by molar-refractivity contribution is -0.116. The summed E-state index contributed by atoms with van der Waals surface area (Å²) in [5, 5.41) is 17.1. The van der Waals surface area contributed by atoms with E-state index in [1.165, 1.54) is 41.3 Å². The second kappa shape index (κ2) is 9.24. The van der Waals surface area contributed by atoms with E-state index in [1.54, 1.807) is 46.3 Å². The van der Waals surface area contributed by atoms with Crippen LogP contribution in [-0.4, -0.2) is 45.4 Å². The van der Waals surface area contributed by atoms with E-state index in [4.69, 9.17) is 10.1 Å². The van der Waals surface area contributed by atoms with Crippen LogP contribution in [0.3, 0.4) is 0 Å². The molecule has 0 radical (unpaired) electrons. The number of amides is 1. The summed E-state index contributed by atoms with van der Waals surface area (Å²) in [7, 11) is -4.46. The number of hydrogen-bond acceptors (Lipinski definition) is 9. The number of phenols is 1. The number of anilines is 2. The number of fused-ring (bicyclic) bond motifs is 1. The third-order valence-electron chi connectivity index (χ3n) is 6.22. The Balaban J connectivity index is 1.48. The van der Waals surface area contributed by atoms with Crippen molar-refractivity contribution in [3.8, 4) is 5.75 Å². The highest BCUT2D eigenvalue weighted by Gasteiger charge is 2.56. The molecule has 12 heteroatoms. The summed E-state index contributed by atoms with van der Waals surface area (Å²) in [6, 6.07) is 20.3. The Morgan fingerprint density at radius 1 is 1.00 bits per heavy atom. The molecule has 6 rings (SSSR count). The first kappa shape index (κ1) is 24.6. The number of carbonyl (C=O) groups is 1. The number of para-hydroxylation sites is 2. The van der Waals surface area contributed by atoms with Crippen LogP contribution in [0.2, 0.25) is 0 Å². The summed E-state index contributed by atoms with van der Waals surface area (Å²) >= 11 is 2.77. The fourth-order valence-electron chi connectivity index (χ4n) is 4.49. The Kier molecular flexibility index (Phi) is 5.99. The van der Waals surface area contributed by atoms with Gasteiger partial charge in [-0.25, -0.2) is 9.99 Å². The van der Waals surface area contributed by atoms with Gasteiger partial charge in [-0.15, -0.1) is 0 Å². The summed E-state index contributed by atoms with van der Waals surface area (Å²) in [5.74, 6) is 0.151. The Morgan fingerprint density at radius 3 is 2.58 bits per heavy atom. The van der Waals surface area contributed by atoms with E-state index in [-0.39, 0.29) is 22.3 Å². The molecule has 192 valence electrons. The number of thioether (sulfide) groups is 1. The van der Waals surface area contributed by atoms with Crippen LogP contribution < -0.4 is 9.91 Å². The van der Waals surface area contributed by atoms with Gasteiger partial charge in [0.05, 0.1) is 32.3 Å². The van der Waals surface area contributed by atoms with E-state index in [9.17, 15) is 22.9 Å². The summed E-state index contributed by atoms with van der Waals surface area (Å²) in [6.45, 7) is 0. The maximum absolute atomic E-state index is 13.4. The number of thiazole rings is 1. The predicted molar refractivity (Wildman–Crippen MR) is 150 cm³/mol. The zero-order valence-electron chi connectivity index (χ0n) is 19.6. The fourth-order valence-corrected chi connectivity index (χ4v) is 7.44. The minimum atomic E-state index is -4.46. The lowest BCUT2D eigenvalue weighted by Gasteiger charge is -2.39. The van der Waals surface area contributed by atoms with Crippen LogP contribution in [-0.2, 0) is 14.9 Å². The number of carbonyl (C=O) groups excluding carboxylic acids is 1. The summed E-state index contributed by atoms with van der Waals surface area (Å²) in [5.41, 5.74) is 2.37. The van der Waals surface area contributed by atoms with E-state index in [1.807, 2.05) is 30.3 Å². The molecule has 2 aliphatic heterocycles. The van der Waals surface area contributed by atoms with Gasteiger partial charge in [0.15, 0.2) is 10.1 Å². The van der Waals surface area contributed by atoms with Crippen LogP contribution >= 0.6 is 23.1 Å². The van der Waals surface area contributed by atoms with Crippen molar-refractivity contribution >= 4 is 71.9 Å². The molecule has 1 aromatic heterocycles. The van der Waals surface area contributed by atoms with Gasteiger partial charge < -0.3 is 5.11 Å². The number of hydrazone groups is 1. The molecule has 0 bridgehead atoms. The van der Waals surface area contributed by atoms with Crippen LogP contribution in [0.4, 0.5) is 10.8 Å². The molecule has 38 heavy (non-hydrogen) atoms. The minimum absolute atomic E-state index is 0.122. The number of rotatable bonds is 5. The molecule has 1 fully saturated rings. The first-order chi connectivity index (χ1) is 18.2. The van der Waals surface area contributed by atoms with Gasteiger partial charge in [0.2, 0.25) is 5.91 Å². The van der Waals surface area contributed by atoms with Gasteiger partial charge in [0, 0.05) is 12.0 Å². The van der Waals surface area contributed by atoms with Crippen LogP contribution in [0.15, 0.2) is 88.9 Å². The Labute approximate surface area is 226 Å². The number of phenolic OH excluding ortho intramolecular Hbond substituents is 1. The van der Waals surface area contributed by atoms with Crippen molar-refractivity contribution in [2.75, 3.05) is 15.7 Å². The molecule has 0 aliphatic carbocycles. The normalized spacial score (nSPS) is 19.8. The second-order valence-electron chi connectivity index (χ2n) is 8.67. The van der Waals surface area contributed by atoms with E-state index >= 15 is 0 Å². The van der Waals surface area contributed by atoms with Crippen molar-refractivity contribution < 1.29 is 22.9 Å². The highest BCUT2D eigenvalue weighted by molar-refractivity contribution is 8.02. The molecule has 1 amide bonds. The average molecular weight is 565 g/mol. The number of aromatic hydroxyl groups is 1. The number of hydrogen-bond donors (Lipinski definition) is 2. The van der Waals surface area contributed by atoms with Gasteiger partial charge >= 0.3 is 0 Å². The molecule has 1 atom stereocenters. The Hall–Kier alpha value is -3.71. The zero-order chi connectivity index (χ0) is 26.5. The largest absolute Gasteiger partial charge is 0.507 e.